The quantitative estimate of drug-likeness (QED) is 0.734. The van der Waals surface area contributed by atoms with Gasteiger partial charge in [-0.2, -0.15) is 0 Å². The van der Waals surface area contributed by atoms with E-state index in [9.17, 15) is 19.8 Å². The lowest BCUT2D eigenvalue weighted by molar-refractivity contribution is -0.165. The Morgan fingerprint density at radius 1 is 1.09 bits per heavy atom. The summed E-state index contributed by atoms with van der Waals surface area (Å²) in [7, 11) is 0. The Balaban J connectivity index is 2.13. The van der Waals surface area contributed by atoms with Gasteiger partial charge in [0, 0.05) is 19.6 Å². The fraction of sp³-hybridized carbons (Fsp3) is 0.500. The second-order valence-corrected chi connectivity index (χ2v) is 5.56. The van der Waals surface area contributed by atoms with Gasteiger partial charge in [0.1, 0.15) is 0 Å². The molecule has 0 unspecified atom stereocenters. The van der Waals surface area contributed by atoms with Crippen LogP contribution < -0.4 is 0 Å². The summed E-state index contributed by atoms with van der Waals surface area (Å²) in [5.74, 6) is -2.56. The highest BCUT2D eigenvalue weighted by molar-refractivity contribution is 5.98. The molecule has 0 saturated carbocycles. The third kappa shape index (κ3) is 3.84. The first-order chi connectivity index (χ1) is 10.5. The zero-order chi connectivity index (χ0) is 16.0. The van der Waals surface area contributed by atoms with E-state index >= 15 is 0 Å². The number of carboxylic acids is 2. The van der Waals surface area contributed by atoms with E-state index < -0.39 is 17.4 Å². The summed E-state index contributed by atoms with van der Waals surface area (Å²) in [4.78, 5) is 25.5. The van der Waals surface area contributed by atoms with Gasteiger partial charge in [-0.3, -0.25) is 14.5 Å². The van der Waals surface area contributed by atoms with Gasteiger partial charge in [-0.05, 0) is 18.4 Å². The number of ether oxygens (including phenoxy) is 1. The molecule has 0 atom stereocenters. The highest BCUT2D eigenvalue weighted by atomic mass is 16.5. The SMILES string of the molecule is O=C(O)C(CCN1CCOCC1)(Cc1ccccc1)C(=O)O. The molecule has 0 aromatic heterocycles. The van der Waals surface area contributed by atoms with Crippen molar-refractivity contribution in [3.8, 4) is 0 Å². The van der Waals surface area contributed by atoms with Crippen LogP contribution in [0.15, 0.2) is 30.3 Å². The summed E-state index contributed by atoms with van der Waals surface area (Å²) in [6.45, 7) is 3.06. The van der Waals surface area contributed by atoms with E-state index in [4.69, 9.17) is 4.74 Å². The number of aliphatic carboxylic acids is 2. The number of carbonyl (C=O) groups is 2. The van der Waals surface area contributed by atoms with Crippen LogP contribution in [0.2, 0.25) is 0 Å². The molecule has 0 amide bonds. The van der Waals surface area contributed by atoms with Gasteiger partial charge in [-0.1, -0.05) is 30.3 Å². The van der Waals surface area contributed by atoms with Crippen LogP contribution in [0, 0.1) is 5.41 Å². The van der Waals surface area contributed by atoms with E-state index in [0.29, 0.717) is 38.4 Å². The summed E-state index contributed by atoms with van der Waals surface area (Å²) in [6, 6.07) is 8.91. The third-order valence-electron chi connectivity index (χ3n) is 4.13. The Hall–Kier alpha value is -1.92. The van der Waals surface area contributed by atoms with Crippen molar-refractivity contribution in [3.05, 3.63) is 35.9 Å². The van der Waals surface area contributed by atoms with Crippen molar-refractivity contribution in [3.63, 3.8) is 0 Å². The molecule has 22 heavy (non-hydrogen) atoms. The highest BCUT2D eigenvalue weighted by Crippen LogP contribution is 2.29. The van der Waals surface area contributed by atoms with Crippen LogP contribution in [0.3, 0.4) is 0 Å². The van der Waals surface area contributed by atoms with Crippen molar-refractivity contribution in [2.24, 2.45) is 5.41 Å². The largest absolute Gasteiger partial charge is 0.480 e. The van der Waals surface area contributed by atoms with Crippen LogP contribution in [0.1, 0.15) is 12.0 Å². The normalized spacial score (nSPS) is 16.4. The van der Waals surface area contributed by atoms with Crippen LogP contribution in [-0.4, -0.2) is 59.9 Å². The first kappa shape index (κ1) is 16.5. The molecule has 0 spiro atoms. The van der Waals surface area contributed by atoms with Crippen LogP contribution >= 0.6 is 0 Å². The highest BCUT2D eigenvalue weighted by Gasteiger charge is 2.46. The average molecular weight is 307 g/mol. The lowest BCUT2D eigenvalue weighted by Gasteiger charge is -2.31. The van der Waals surface area contributed by atoms with Crippen molar-refractivity contribution in [2.75, 3.05) is 32.8 Å². The molecule has 2 rings (SSSR count). The maximum absolute atomic E-state index is 11.7. The molecule has 1 aromatic rings. The number of nitrogens with zero attached hydrogens (tertiary/aromatic N) is 1. The number of rotatable bonds is 7. The van der Waals surface area contributed by atoms with E-state index in [-0.39, 0.29) is 12.8 Å². The van der Waals surface area contributed by atoms with Gasteiger partial charge < -0.3 is 14.9 Å². The van der Waals surface area contributed by atoms with Crippen molar-refractivity contribution in [1.82, 2.24) is 4.90 Å². The third-order valence-corrected chi connectivity index (χ3v) is 4.13. The van der Waals surface area contributed by atoms with E-state index in [1.165, 1.54) is 0 Å². The van der Waals surface area contributed by atoms with Gasteiger partial charge in [0.15, 0.2) is 5.41 Å². The standard InChI is InChI=1S/C16H21NO5/c18-14(19)16(15(20)21,12-13-4-2-1-3-5-13)6-7-17-8-10-22-11-9-17/h1-5H,6-12H2,(H,18,19)(H,20,21). The molecule has 1 aliphatic heterocycles. The maximum Gasteiger partial charge on any atom is 0.321 e. The van der Waals surface area contributed by atoms with Gasteiger partial charge in [0.05, 0.1) is 13.2 Å². The summed E-state index contributed by atoms with van der Waals surface area (Å²) in [5.41, 5.74) is -1.08. The number of carboxylic acid groups (broad SMARTS) is 2. The second-order valence-electron chi connectivity index (χ2n) is 5.56. The minimum Gasteiger partial charge on any atom is -0.480 e. The Bertz CT molecular complexity index is 497. The Labute approximate surface area is 129 Å². The number of morpholine rings is 1. The topological polar surface area (TPSA) is 87.1 Å². The van der Waals surface area contributed by atoms with Crippen molar-refractivity contribution in [1.29, 1.82) is 0 Å². The Morgan fingerprint density at radius 3 is 2.23 bits per heavy atom. The molecule has 1 heterocycles. The van der Waals surface area contributed by atoms with Gasteiger partial charge in [-0.15, -0.1) is 0 Å². The summed E-state index contributed by atoms with van der Waals surface area (Å²) in [5, 5.41) is 19.1. The lowest BCUT2D eigenvalue weighted by Crippen LogP contribution is -2.46. The van der Waals surface area contributed by atoms with Crippen LogP contribution in [0.4, 0.5) is 0 Å². The van der Waals surface area contributed by atoms with E-state index in [1.54, 1.807) is 24.3 Å². The van der Waals surface area contributed by atoms with E-state index in [1.807, 2.05) is 6.07 Å². The molecule has 6 heteroatoms. The van der Waals surface area contributed by atoms with E-state index in [2.05, 4.69) is 4.90 Å². The van der Waals surface area contributed by atoms with Gasteiger partial charge in [0.2, 0.25) is 0 Å². The average Bonchev–Trinajstić information content (AvgIpc) is 2.53. The molecule has 2 N–H and O–H groups in total. The van der Waals surface area contributed by atoms with Gasteiger partial charge in [-0.25, -0.2) is 0 Å². The minimum absolute atomic E-state index is 0.0111. The van der Waals surface area contributed by atoms with Gasteiger partial charge in [0.25, 0.3) is 0 Å². The summed E-state index contributed by atoms with van der Waals surface area (Å²) in [6.07, 6.45) is 0.0649. The van der Waals surface area contributed by atoms with Crippen molar-refractivity contribution >= 4 is 11.9 Å². The molecule has 1 aromatic carbocycles. The molecule has 0 aliphatic carbocycles. The Morgan fingerprint density at radius 2 is 1.68 bits per heavy atom. The monoisotopic (exact) mass is 307 g/mol. The van der Waals surface area contributed by atoms with Crippen LogP contribution in [0.25, 0.3) is 0 Å². The fourth-order valence-electron chi connectivity index (χ4n) is 2.66. The molecular formula is C16H21NO5. The van der Waals surface area contributed by atoms with Crippen molar-refractivity contribution in [2.45, 2.75) is 12.8 Å². The molecule has 1 saturated heterocycles. The predicted molar refractivity (Wildman–Crippen MR) is 79.7 cm³/mol. The minimum atomic E-state index is -1.79. The lowest BCUT2D eigenvalue weighted by atomic mass is 9.78. The summed E-state index contributed by atoms with van der Waals surface area (Å²) < 4.78 is 5.25. The molecule has 0 bridgehead atoms. The molecule has 120 valence electrons. The number of hydrogen-bond acceptors (Lipinski definition) is 4. The van der Waals surface area contributed by atoms with Gasteiger partial charge >= 0.3 is 11.9 Å². The van der Waals surface area contributed by atoms with Crippen LogP contribution in [0.5, 0.6) is 0 Å². The second kappa shape index (κ2) is 7.38. The molecule has 0 radical (unpaired) electrons. The molecule has 6 nitrogen and oxygen atoms in total. The predicted octanol–water partition coefficient (Wildman–Crippen LogP) is 1.11. The smallest absolute Gasteiger partial charge is 0.321 e. The first-order valence-electron chi connectivity index (χ1n) is 7.35. The van der Waals surface area contributed by atoms with Crippen LogP contribution in [-0.2, 0) is 20.7 Å². The number of hydrogen-bond donors (Lipinski definition) is 2. The van der Waals surface area contributed by atoms with E-state index in [0.717, 1.165) is 0 Å². The maximum atomic E-state index is 11.7. The van der Waals surface area contributed by atoms with Crippen molar-refractivity contribution < 1.29 is 24.5 Å². The molecule has 1 fully saturated rings. The number of benzene rings is 1. The zero-order valence-electron chi connectivity index (χ0n) is 12.4. The summed E-state index contributed by atoms with van der Waals surface area (Å²) >= 11 is 0. The fourth-order valence-corrected chi connectivity index (χ4v) is 2.66. The molecular weight excluding hydrogens is 286 g/mol. The Kier molecular flexibility index (Phi) is 5.51. The molecule has 1 aliphatic rings. The first-order valence-corrected chi connectivity index (χ1v) is 7.35. The zero-order valence-corrected chi connectivity index (χ0v) is 12.4.